The molecule has 0 aromatic heterocycles. The standard InChI is InChI=1S/C41H50FN3O18/c1-24(46)43-31(36(52)58-16-4-5-17-60-44(54)55)19-25-8-11-28(12-9-25)62-37(53)59-23-34(50)41(63-35(51)7-6-18-61-45(56)57)32(48)21-30-29-13-10-26-20-27(47)14-15-38(26,2)40(29,42)33(49)22-39(30,41)3/h8-9,11-12,14-15,20,29-33,48-49H,4-7,10,13,16-19,21-23H2,1-3H3,(H,43,46)/t29?,30?,31-,32-,33+,38+,39+,40+,41+/m1/s1. The molecule has 1 aromatic rings. The van der Waals surface area contributed by atoms with E-state index in [9.17, 15) is 59.2 Å². The lowest BCUT2D eigenvalue weighted by molar-refractivity contribution is -0.757. The van der Waals surface area contributed by atoms with Gasteiger partial charge in [-0.3, -0.25) is 19.2 Å². The van der Waals surface area contributed by atoms with E-state index in [1.807, 2.05) is 0 Å². The van der Waals surface area contributed by atoms with E-state index >= 15 is 4.39 Å². The molecule has 0 heterocycles. The van der Waals surface area contributed by atoms with Crippen molar-refractivity contribution in [2.75, 3.05) is 26.4 Å². The molecular formula is C41H50FN3O18. The van der Waals surface area contributed by atoms with Crippen LogP contribution in [0.25, 0.3) is 0 Å². The summed E-state index contributed by atoms with van der Waals surface area (Å²) in [5.41, 5.74) is -6.96. The summed E-state index contributed by atoms with van der Waals surface area (Å²) < 4.78 is 39.2. The topological polar surface area (TPSA) is 297 Å². The first-order valence-electron chi connectivity index (χ1n) is 20.3. The number of carbonyl (C=O) groups excluding carboxylic acids is 6. The molecule has 3 saturated carbocycles. The molecule has 5 rings (SSSR count). The number of aliphatic hydroxyl groups excluding tert-OH is 2. The second-order valence-corrected chi connectivity index (χ2v) is 16.5. The number of unbranched alkanes of at least 4 members (excludes halogenated alkanes) is 1. The average molecular weight is 892 g/mol. The largest absolute Gasteiger partial charge is 0.514 e. The van der Waals surface area contributed by atoms with Gasteiger partial charge in [-0.25, -0.2) is 14.0 Å². The maximum absolute atomic E-state index is 17.8. The summed E-state index contributed by atoms with van der Waals surface area (Å²) in [6, 6.07) is 4.49. The number of fused-ring (bicyclic) bond motifs is 5. The molecule has 9 atom stereocenters. The van der Waals surface area contributed by atoms with Gasteiger partial charge in [0.2, 0.25) is 17.3 Å². The molecule has 63 heavy (non-hydrogen) atoms. The lowest BCUT2D eigenvalue weighted by Crippen LogP contribution is -2.70. The summed E-state index contributed by atoms with van der Waals surface area (Å²) >= 11 is 0. The second kappa shape index (κ2) is 19.6. The van der Waals surface area contributed by atoms with Gasteiger partial charge < -0.3 is 44.2 Å². The maximum Gasteiger partial charge on any atom is 0.514 e. The molecule has 0 bridgehead atoms. The molecule has 2 unspecified atom stereocenters. The number of Topliss-reactive ketones (excluding diaryl/α,β-unsaturated/α-hetero) is 1. The van der Waals surface area contributed by atoms with E-state index < -0.39 is 118 Å². The number of halogens is 1. The van der Waals surface area contributed by atoms with Crippen molar-refractivity contribution in [1.29, 1.82) is 0 Å². The van der Waals surface area contributed by atoms with Gasteiger partial charge in [-0.15, -0.1) is 20.2 Å². The molecule has 3 fully saturated rings. The molecular weight excluding hydrogens is 841 g/mol. The van der Waals surface area contributed by atoms with E-state index in [-0.39, 0.29) is 69.7 Å². The Kier molecular flexibility index (Phi) is 14.9. The number of aliphatic hydroxyl groups is 2. The molecule has 0 spiro atoms. The number of amides is 1. The molecule has 1 amide bonds. The summed E-state index contributed by atoms with van der Waals surface area (Å²) in [5, 5.41) is 45.0. The molecule has 4 aliphatic rings. The molecule has 1 aromatic carbocycles. The molecule has 3 N–H and O–H groups in total. The van der Waals surface area contributed by atoms with Crippen LogP contribution in [0.4, 0.5) is 9.18 Å². The zero-order valence-electron chi connectivity index (χ0n) is 34.8. The van der Waals surface area contributed by atoms with Crippen LogP contribution in [0.2, 0.25) is 0 Å². The zero-order valence-corrected chi connectivity index (χ0v) is 34.8. The minimum atomic E-state index is -2.50. The SMILES string of the molecule is CC(=O)N[C@H](Cc1ccc(OC(=O)OCC(=O)[C@@]2(OC(=O)CCCO[N+](=O)[O-])[C@H](O)CC3C4CCC5=CC(=O)C=C[C@]5(C)[C@@]4(F)[C@@H](O)C[C@@]32C)cc1)C(=O)OCCCCO[N+](=O)[O-]. The highest BCUT2D eigenvalue weighted by molar-refractivity contribution is 6.01. The van der Waals surface area contributed by atoms with Crippen LogP contribution < -0.4 is 10.1 Å². The normalized spacial score (nSPS) is 29.6. The number of nitrogens with zero attached hydrogens (tertiary/aromatic N) is 2. The predicted molar refractivity (Wildman–Crippen MR) is 209 cm³/mol. The monoisotopic (exact) mass is 891 g/mol. The van der Waals surface area contributed by atoms with Crippen LogP contribution in [0.15, 0.2) is 48.1 Å². The fourth-order valence-electron chi connectivity index (χ4n) is 9.88. The summed E-state index contributed by atoms with van der Waals surface area (Å²) in [4.78, 5) is 107. The van der Waals surface area contributed by atoms with Crippen LogP contribution in [-0.2, 0) is 54.3 Å². The number of carbonyl (C=O) groups is 6. The third-order valence-corrected chi connectivity index (χ3v) is 12.8. The van der Waals surface area contributed by atoms with Gasteiger partial charge in [0.1, 0.15) is 17.9 Å². The molecule has 344 valence electrons. The van der Waals surface area contributed by atoms with Gasteiger partial charge in [0.25, 0.3) is 10.2 Å². The highest BCUT2D eigenvalue weighted by Crippen LogP contribution is 2.70. The number of hydrogen-bond acceptors (Lipinski definition) is 18. The summed E-state index contributed by atoms with van der Waals surface area (Å²) in [7, 11) is 0. The van der Waals surface area contributed by atoms with Crippen molar-refractivity contribution in [2.45, 2.75) is 108 Å². The highest BCUT2D eigenvalue weighted by atomic mass is 19.1. The van der Waals surface area contributed by atoms with E-state index in [0.29, 0.717) is 11.1 Å². The Morgan fingerprint density at radius 1 is 0.937 bits per heavy atom. The van der Waals surface area contributed by atoms with E-state index in [0.717, 1.165) is 0 Å². The Morgan fingerprint density at radius 2 is 1.59 bits per heavy atom. The molecule has 0 radical (unpaired) electrons. The summed E-state index contributed by atoms with van der Waals surface area (Å²) in [6.45, 7) is 2.39. The van der Waals surface area contributed by atoms with Crippen molar-refractivity contribution in [3.05, 3.63) is 73.9 Å². The summed E-state index contributed by atoms with van der Waals surface area (Å²) in [6.07, 6.45) is -1.62. The van der Waals surface area contributed by atoms with Crippen molar-refractivity contribution < 1.29 is 82.2 Å². The number of rotatable bonds is 20. The van der Waals surface area contributed by atoms with Gasteiger partial charge in [0, 0.05) is 36.5 Å². The Hall–Kier alpha value is -6.03. The minimum absolute atomic E-state index is 0.0414. The van der Waals surface area contributed by atoms with Gasteiger partial charge in [0.15, 0.2) is 18.1 Å². The van der Waals surface area contributed by atoms with E-state index in [1.165, 1.54) is 56.3 Å². The Morgan fingerprint density at radius 3 is 2.24 bits per heavy atom. The number of ether oxygens (including phenoxy) is 4. The molecule has 4 aliphatic carbocycles. The van der Waals surface area contributed by atoms with Crippen molar-refractivity contribution in [1.82, 2.24) is 5.32 Å². The van der Waals surface area contributed by atoms with Crippen LogP contribution >= 0.6 is 0 Å². The maximum atomic E-state index is 17.8. The van der Waals surface area contributed by atoms with Crippen LogP contribution in [0.1, 0.15) is 77.7 Å². The third-order valence-electron chi connectivity index (χ3n) is 12.8. The second-order valence-electron chi connectivity index (χ2n) is 16.5. The van der Waals surface area contributed by atoms with Crippen LogP contribution in [0.5, 0.6) is 5.75 Å². The third kappa shape index (κ3) is 9.96. The fourth-order valence-corrected chi connectivity index (χ4v) is 9.88. The Labute approximate surface area is 359 Å². The van der Waals surface area contributed by atoms with Crippen molar-refractivity contribution >= 4 is 35.6 Å². The van der Waals surface area contributed by atoms with Crippen LogP contribution in [0.3, 0.4) is 0 Å². The lowest BCUT2D eigenvalue weighted by Gasteiger charge is -2.62. The smallest absolute Gasteiger partial charge is 0.464 e. The minimum Gasteiger partial charge on any atom is -0.464 e. The fraction of sp³-hybridized carbons (Fsp3) is 0.610. The average Bonchev–Trinajstić information content (AvgIpc) is 3.42. The van der Waals surface area contributed by atoms with Crippen molar-refractivity contribution in [2.24, 2.45) is 22.7 Å². The van der Waals surface area contributed by atoms with Gasteiger partial charge in [-0.05, 0) is 87.6 Å². The molecule has 0 saturated heterocycles. The zero-order chi connectivity index (χ0) is 46.3. The lowest BCUT2D eigenvalue weighted by atomic mass is 9.44. The van der Waals surface area contributed by atoms with E-state index in [2.05, 4.69) is 15.0 Å². The number of benzene rings is 1. The first-order valence-corrected chi connectivity index (χ1v) is 20.3. The number of esters is 2. The highest BCUT2D eigenvalue weighted by Gasteiger charge is 2.78. The Bertz CT molecular complexity index is 2030. The number of allylic oxidation sites excluding steroid dienone is 4. The van der Waals surface area contributed by atoms with Crippen molar-refractivity contribution in [3.63, 3.8) is 0 Å². The Balaban J connectivity index is 1.29. The first kappa shape index (κ1) is 48.0. The van der Waals surface area contributed by atoms with Gasteiger partial charge in [-0.1, -0.05) is 30.7 Å². The molecule has 0 aliphatic heterocycles. The first-order chi connectivity index (χ1) is 29.7. The predicted octanol–water partition coefficient (Wildman–Crippen LogP) is 2.96. The molecule has 22 heteroatoms. The quantitative estimate of drug-likeness (QED) is 0.0423. The van der Waals surface area contributed by atoms with E-state index in [4.69, 9.17) is 18.9 Å². The van der Waals surface area contributed by atoms with Gasteiger partial charge in [0.05, 0.1) is 25.9 Å². The van der Waals surface area contributed by atoms with Gasteiger partial charge in [-0.2, -0.15) is 0 Å². The molecule has 21 nitrogen and oxygen atoms in total. The van der Waals surface area contributed by atoms with Crippen molar-refractivity contribution in [3.8, 4) is 5.75 Å². The van der Waals surface area contributed by atoms with Gasteiger partial charge >= 0.3 is 18.1 Å². The van der Waals surface area contributed by atoms with Crippen LogP contribution in [-0.4, -0.2) is 112 Å². The number of alkyl halides is 1. The summed E-state index contributed by atoms with van der Waals surface area (Å²) in [5.74, 6) is -5.77. The van der Waals surface area contributed by atoms with E-state index in [1.54, 1.807) is 6.92 Å². The number of nitrogens with one attached hydrogen (secondary N) is 1. The number of hydrogen-bond donors (Lipinski definition) is 3. The number of ketones is 2. The van der Waals surface area contributed by atoms with Crippen LogP contribution in [0, 0.1) is 42.9 Å².